The molecule has 6 nitrogen and oxygen atoms in total. The molecule has 0 saturated carbocycles. The van der Waals surface area contributed by atoms with Gasteiger partial charge in [0.1, 0.15) is 11.5 Å². The molecule has 2 aromatic rings. The van der Waals surface area contributed by atoms with Crippen LogP contribution in [-0.4, -0.2) is 32.0 Å². The highest BCUT2D eigenvalue weighted by Crippen LogP contribution is 2.29. The van der Waals surface area contributed by atoms with Gasteiger partial charge in [-0.3, -0.25) is 4.79 Å². The lowest BCUT2D eigenvalue weighted by Gasteiger charge is -2.04. The molecule has 1 saturated heterocycles. The molecule has 1 aliphatic heterocycles. The minimum atomic E-state index is -3.10. The van der Waals surface area contributed by atoms with Gasteiger partial charge in [0.2, 0.25) is 5.91 Å². The summed E-state index contributed by atoms with van der Waals surface area (Å²) < 4.78 is 28.4. The van der Waals surface area contributed by atoms with E-state index >= 15 is 0 Å². The van der Waals surface area contributed by atoms with Crippen LogP contribution in [0.4, 0.5) is 0 Å². The van der Waals surface area contributed by atoms with Gasteiger partial charge in [-0.25, -0.2) is 13.8 Å². The van der Waals surface area contributed by atoms with Gasteiger partial charge < -0.3 is 4.42 Å². The van der Waals surface area contributed by atoms with E-state index in [1.807, 2.05) is 0 Å². The second-order valence-corrected chi connectivity index (χ2v) is 8.71. The van der Waals surface area contributed by atoms with Crippen molar-refractivity contribution in [3.05, 3.63) is 46.1 Å². The summed E-state index contributed by atoms with van der Waals surface area (Å²) in [5.41, 5.74) is 3.10. The van der Waals surface area contributed by atoms with Crippen molar-refractivity contribution in [2.75, 3.05) is 11.5 Å². The number of hydrogen-bond donors (Lipinski definition) is 1. The minimum Gasteiger partial charge on any atom is -0.455 e. The van der Waals surface area contributed by atoms with E-state index in [0.717, 1.165) is 5.56 Å². The molecule has 3 rings (SSSR count). The molecule has 2 heterocycles. The Labute approximate surface area is 154 Å². The van der Waals surface area contributed by atoms with Crippen LogP contribution in [0.25, 0.3) is 11.3 Å². The van der Waals surface area contributed by atoms with E-state index in [4.69, 9.17) is 27.6 Å². The molecule has 132 valence electrons. The van der Waals surface area contributed by atoms with Crippen LogP contribution in [0.15, 0.2) is 39.9 Å². The number of carbonyl (C=O) groups is 1. The van der Waals surface area contributed by atoms with E-state index in [9.17, 15) is 13.2 Å². The molecule has 1 fully saturated rings. The van der Waals surface area contributed by atoms with Crippen LogP contribution in [0.5, 0.6) is 0 Å². The average molecular weight is 401 g/mol. The van der Waals surface area contributed by atoms with Gasteiger partial charge in [0.15, 0.2) is 9.84 Å². The third-order valence-corrected chi connectivity index (χ3v) is 6.31. The van der Waals surface area contributed by atoms with Crippen molar-refractivity contribution >= 4 is 45.2 Å². The zero-order valence-corrected chi connectivity index (χ0v) is 15.2. The van der Waals surface area contributed by atoms with Gasteiger partial charge in [-0.15, -0.1) is 0 Å². The summed E-state index contributed by atoms with van der Waals surface area (Å²) in [6.45, 7) is 0. The minimum absolute atomic E-state index is 0.0417. The second kappa shape index (κ2) is 7.19. The summed E-state index contributed by atoms with van der Waals surface area (Å²) in [7, 11) is -3.10. The smallest absolute Gasteiger partial charge is 0.244 e. The first-order valence-electron chi connectivity index (χ1n) is 7.43. The Morgan fingerprint density at radius 2 is 2.04 bits per heavy atom. The van der Waals surface area contributed by atoms with Gasteiger partial charge in [-0.1, -0.05) is 23.2 Å². The molecular formula is C16H14Cl2N2O4S. The Hall–Kier alpha value is -1.83. The predicted octanol–water partition coefficient (Wildman–Crippen LogP) is 3.14. The molecule has 1 N–H and O–H groups in total. The van der Waals surface area contributed by atoms with E-state index in [1.54, 1.807) is 30.3 Å². The SMILES string of the molecule is O=C(N/N=C\c1ccc(-c2ccc(Cl)c(Cl)c2)o1)[C@@H]1CCS(=O)(=O)C1. The van der Waals surface area contributed by atoms with Gasteiger partial charge in [-0.05, 0) is 36.8 Å². The maximum Gasteiger partial charge on any atom is 0.244 e. The van der Waals surface area contributed by atoms with Crippen molar-refractivity contribution in [2.24, 2.45) is 11.0 Å². The Kier molecular flexibility index (Phi) is 5.17. The van der Waals surface area contributed by atoms with Crippen LogP contribution >= 0.6 is 23.2 Å². The molecule has 0 bridgehead atoms. The highest BCUT2D eigenvalue weighted by Gasteiger charge is 2.32. The summed E-state index contributed by atoms with van der Waals surface area (Å²) in [6.07, 6.45) is 1.67. The molecule has 1 aliphatic rings. The molecule has 1 atom stereocenters. The number of carbonyl (C=O) groups excluding carboxylic acids is 1. The normalized spacial score (nSPS) is 19.4. The van der Waals surface area contributed by atoms with Gasteiger partial charge in [0.05, 0.1) is 33.7 Å². The highest BCUT2D eigenvalue weighted by atomic mass is 35.5. The van der Waals surface area contributed by atoms with Gasteiger partial charge in [0.25, 0.3) is 0 Å². The number of halogens is 2. The monoisotopic (exact) mass is 400 g/mol. The average Bonchev–Trinajstić information content (AvgIpc) is 3.16. The maximum absolute atomic E-state index is 11.9. The number of sulfone groups is 1. The highest BCUT2D eigenvalue weighted by molar-refractivity contribution is 7.91. The first-order chi connectivity index (χ1) is 11.8. The molecule has 0 unspecified atom stereocenters. The maximum atomic E-state index is 11.9. The number of nitrogens with zero attached hydrogens (tertiary/aromatic N) is 1. The number of hydrogen-bond acceptors (Lipinski definition) is 5. The molecule has 0 spiro atoms. The van der Waals surface area contributed by atoms with Crippen molar-refractivity contribution in [2.45, 2.75) is 6.42 Å². The lowest BCUT2D eigenvalue weighted by atomic mass is 10.1. The van der Waals surface area contributed by atoms with E-state index in [2.05, 4.69) is 10.5 Å². The summed E-state index contributed by atoms with van der Waals surface area (Å²) in [4.78, 5) is 11.9. The zero-order valence-electron chi connectivity index (χ0n) is 12.9. The Morgan fingerprint density at radius 3 is 2.72 bits per heavy atom. The van der Waals surface area contributed by atoms with Crippen molar-refractivity contribution in [3.8, 4) is 11.3 Å². The largest absolute Gasteiger partial charge is 0.455 e. The third-order valence-electron chi connectivity index (χ3n) is 3.80. The van der Waals surface area contributed by atoms with Crippen LogP contribution in [-0.2, 0) is 14.6 Å². The summed E-state index contributed by atoms with van der Waals surface area (Å²) in [6, 6.07) is 8.56. The standard InChI is InChI=1S/C16H14Cl2N2O4S/c17-13-3-1-10(7-14(13)18)15-4-2-12(24-15)8-19-20-16(21)11-5-6-25(22,23)9-11/h1-4,7-8,11H,5-6,9H2,(H,20,21)/b19-8-/t11-/m1/s1. The van der Waals surface area contributed by atoms with Crippen LogP contribution in [0.1, 0.15) is 12.2 Å². The number of furan rings is 1. The molecule has 1 aromatic heterocycles. The second-order valence-electron chi connectivity index (χ2n) is 5.67. The van der Waals surface area contributed by atoms with E-state index in [-0.39, 0.29) is 11.5 Å². The first-order valence-corrected chi connectivity index (χ1v) is 10.0. The number of benzene rings is 1. The number of rotatable bonds is 4. The Bertz CT molecular complexity index is 937. The lowest BCUT2D eigenvalue weighted by molar-refractivity contribution is -0.124. The third kappa shape index (κ3) is 4.42. The zero-order chi connectivity index (χ0) is 18.0. The molecule has 1 amide bonds. The first kappa shape index (κ1) is 18.0. The van der Waals surface area contributed by atoms with E-state index in [1.165, 1.54) is 6.21 Å². The fourth-order valence-electron chi connectivity index (χ4n) is 2.48. The van der Waals surface area contributed by atoms with Crippen LogP contribution < -0.4 is 5.43 Å². The summed E-state index contributed by atoms with van der Waals surface area (Å²) in [5.74, 6) is -0.0379. The fraction of sp³-hybridized carbons (Fsp3) is 0.250. The predicted molar refractivity (Wildman–Crippen MR) is 96.7 cm³/mol. The topological polar surface area (TPSA) is 88.7 Å². The summed E-state index contributed by atoms with van der Waals surface area (Å²) >= 11 is 11.9. The van der Waals surface area contributed by atoms with Crippen LogP contribution in [0.2, 0.25) is 10.0 Å². The number of hydrazone groups is 1. The molecule has 1 aromatic carbocycles. The van der Waals surface area contributed by atoms with Crippen molar-refractivity contribution in [1.29, 1.82) is 0 Å². The van der Waals surface area contributed by atoms with Crippen LogP contribution in [0.3, 0.4) is 0 Å². The molecule has 0 radical (unpaired) electrons. The van der Waals surface area contributed by atoms with E-state index in [0.29, 0.717) is 28.0 Å². The van der Waals surface area contributed by atoms with Crippen molar-refractivity contribution < 1.29 is 17.6 Å². The number of nitrogens with one attached hydrogen (secondary N) is 1. The molecule has 9 heteroatoms. The Balaban J connectivity index is 1.62. The lowest BCUT2D eigenvalue weighted by Crippen LogP contribution is -2.27. The molecular weight excluding hydrogens is 387 g/mol. The van der Waals surface area contributed by atoms with Crippen LogP contribution in [0, 0.1) is 5.92 Å². The van der Waals surface area contributed by atoms with E-state index < -0.39 is 21.7 Å². The van der Waals surface area contributed by atoms with Gasteiger partial charge in [-0.2, -0.15) is 5.10 Å². The number of amides is 1. The molecule has 0 aliphatic carbocycles. The molecule has 25 heavy (non-hydrogen) atoms. The van der Waals surface area contributed by atoms with Crippen molar-refractivity contribution in [1.82, 2.24) is 5.43 Å². The summed E-state index contributed by atoms with van der Waals surface area (Å²) in [5, 5.41) is 4.69. The van der Waals surface area contributed by atoms with Gasteiger partial charge in [0, 0.05) is 5.56 Å². The quantitative estimate of drug-likeness (QED) is 0.630. The van der Waals surface area contributed by atoms with Crippen molar-refractivity contribution in [3.63, 3.8) is 0 Å². The fourth-order valence-corrected chi connectivity index (χ4v) is 4.52. The Morgan fingerprint density at radius 1 is 1.24 bits per heavy atom. The van der Waals surface area contributed by atoms with Gasteiger partial charge >= 0.3 is 0 Å².